The summed E-state index contributed by atoms with van der Waals surface area (Å²) in [6, 6.07) is 30.9. The molecule has 0 unspecified atom stereocenters. The molecule has 28 heavy (non-hydrogen) atoms. The Morgan fingerprint density at radius 3 is 1.71 bits per heavy atom. The van der Waals surface area contributed by atoms with Crippen molar-refractivity contribution in [1.82, 2.24) is 0 Å². The van der Waals surface area contributed by atoms with Crippen molar-refractivity contribution in [2.24, 2.45) is 0 Å². The molecular formula is C26H28O2. The lowest BCUT2D eigenvalue weighted by atomic mass is 10.1. The smallest absolute Gasteiger partial charge is 0.102 e. The summed E-state index contributed by atoms with van der Waals surface area (Å²) in [7, 11) is 0. The molecule has 0 N–H and O–H groups in total. The van der Waals surface area contributed by atoms with Crippen molar-refractivity contribution in [1.29, 1.82) is 0 Å². The van der Waals surface area contributed by atoms with Crippen LogP contribution in [0.5, 0.6) is 0 Å². The molecule has 2 heteroatoms. The third-order valence-electron chi connectivity index (χ3n) is 4.64. The maximum Gasteiger partial charge on any atom is 0.102 e. The van der Waals surface area contributed by atoms with Gasteiger partial charge in [0.05, 0.1) is 19.3 Å². The van der Waals surface area contributed by atoms with E-state index in [4.69, 9.17) is 9.47 Å². The van der Waals surface area contributed by atoms with Crippen LogP contribution < -0.4 is 0 Å². The molecule has 2 atom stereocenters. The Morgan fingerprint density at radius 1 is 0.679 bits per heavy atom. The lowest BCUT2D eigenvalue weighted by Crippen LogP contribution is -2.29. The summed E-state index contributed by atoms with van der Waals surface area (Å²) in [4.78, 5) is 0. The number of benzene rings is 3. The minimum Gasteiger partial charge on any atom is -0.371 e. The summed E-state index contributed by atoms with van der Waals surface area (Å²) < 4.78 is 12.5. The third-order valence-corrected chi connectivity index (χ3v) is 4.64. The Bertz CT molecular complexity index is 813. The van der Waals surface area contributed by atoms with E-state index in [1.165, 1.54) is 11.1 Å². The Balaban J connectivity index is 1.69. The molecule has 0 aromatic heterocycles. The number of hydrogen-bond acceptors (Lipinski definition) is 2. The molecule has 2 nitrogen and oxygen atoms in total. The molecule has 3 rings (SSSR count). The van der Waals surface area contributed by atoms with Gasteiger partial charge in [-0.1, -0.05) is 110 Å². The topological polar surface area (TPSA) is 18.5 Å². The minimum absolute atomic E-state index is 0.0103. The van der Waals surface area contributed by atoms with Crippen LogP contribution in [-0.4, -0.2) is 12.2 Å². The maximum absolute atomic E-state index is 6.28. The van der Waals surface area contributed by atoms with Gasteiger partial charge in [-0.2, -0.15) is 0 Å². The molecular weight excluding hydrogens is 344 g/mol. The van der Waals surface area contributed by atoms with Crippen LogP contribution in [0, 0.1) is 0 Å². The highest BCUT2D eigenvalue weighted by Gasteiger charge is 2.19. The second-order valence-electron chi connectivity index (χ2n) is 6.77. The summed E-state index contributed by atoms with van der Waals surface area (Å²) in [5.41, 5.74) is 3.50. The Kier molecular flexibility index (Phi) is 8.05. The Labute approximate surface area is 168 Å². The summed E-state index contributed by atoms with van der Waals surface area (Å²) in [6.45, 7) is 3.30. The molecule has 0 aliphatic carbocycles. The normalized spacial score (nSPS) is 13.5. The van der Waals surface area contributed by atoms with E-state index in [2.05, 4.69) is 55.5 Å². The molecule has 0 aliphatic rings. The highest BCUT2D eigenvalue weighted by molar-refractivity contribution is 5.49. The first kappa shape index (κ1) is 20.1. The molecule has 0 amide bonds. The molecule has 0 aliphatic heterocycles. The lowest BCUT2D eigenvalue weighted by molar-refractivity contribution is -0.0654. The predicted octanol–water partition coefficient (Wildman–Crippen LogP) is 6.28. The van der Waals surface area contributed by atoms with Crippen LogP contribution in [0.15, 0.2) is 97.1 Å². The fourth-order valence-corrected chi connectivity index (χ4v) is 3.05. The maximum atomic E-state index is 6.28. The van der Waals surface area contributed by atoms with Gasteiger partial charge in [-0.05, 0) is 23.1 Å². The van der Waals surface area contributed by atoms with Gasteiger partial charge in [-0.15, -0.1) is 0 Å². The fourth-order valence-electron chi connectivity index (χ4n) is 3.05. The zero-order valence-corrected chi connectivity index (χ0v) is 16.4. The number of rotatable bonds is 10. The molecule has 0 fully saturated rings. The molecule has 0 radical (unpaired) electrons. The SMILES string of the molecule is CC[C@H](OCc1ccccc1)[C@@H](C=Cc1ccccc1)OCc1ccccc1. The van der Waals surface area contributed by atoms with Crippen molar-refractivity contribution >= 4 is 6.08 Å². The van der Waals surface area contributed by atoms with Gasteiger partial charge >= 0.3 is 0 Å². The largest absolute Gasteiger partial charge is 0.371 e. The first-order chi connectivity index (χ1) is 13.8. The Morgan fingerprint density at radius 2 is 1.18 bits per heavy atom. The summed E-state index contributed by atoms with van der Waals surface area (Å²) >= 11 is 0. The van der Waals surface area contributed by atoms with Crippen LogP contribution in [0.3, 0.4) is 0 Å². The van der Waals surface area contributed by atoms with Gasteiger partial charge in [0, 0.05) is 0 Å². The van der Waals surface area contributed by atoms with Gasteiger partial charge in [0.1, 0.15) is 6.10 Å². The van der Waals surface area contributed by atoms with Crippen LogP contribution in [0.4, 0.5) is 0 Å². The van der Waals surface area contributed by atoms with Gasteiger partial charge in [0.15, 0.2) is 0 Å². The Hall–Kier alpha value is -2.68. The first-order valence-corrected chi connectivity index (χ1v) is 9.89. The zero-order chi connectivity index (χ0) is 19.4. The molecule has 0 spiro atoms. The van der Waals surface area contributed by atoms with Crippen LogP contribution in [0.2, 0.25) is 0 Å². The average Bonchev–Trinajstić information content (AvgIpc) is 2.77. The van der Waals surface area contributed by atoms with Crippen molar-refractivity contribution in [2.45, 2.75) is 38.8 Å². The summed E-state index contributed by atoms with van der Waals surface area (Å²) in [6.07, 6.45) is 4.99. The number of ether oxygens (including phenoxy) is 2. The van der Waals surface area contributed by atoms with Crippen LogP contribution in [-0.2, 0) is 22.7 Å². The van der Waals surface area contributed by atoms with Crippen molar-refractivity contribution < 1.29 is 9.47 Å². The molecule has 3 aromatic carbocycles. The highest BCUT2D eigenvalue weighted by atomic mass is 16.5. The fraction of sp³-hybridized carbons (Fsp3) is 0.231. The van der Waals surface area contributed by atoms with Crippen LogP contribution in [0.1, 0.15) is 30.0 Å². The van der Waals surface area contributed by atoms with E-state index in [0.717, 1.165) is 12.0 Å². The highest BCUT2D eigenvalue weighted by Crippen LogP contribution is 2.17. The van der Waals surface area contributed by atoms with Crippen molar-refractivity contribution in [3.05, 3.63) is 114 Å². The molecule has 0 bridgehead atoms. The van der Waals surface area contributed by atoms with Gasteiger partial charge < -0.3 is 9.47 Å². The van der Waals surface area contributed by atoms with Gasteiger partial charge in [-0.25, -0.2) is 0 Å². The summed E-state index contributed by atoms with van der Waals surface area (Å²) in [5.74, 6) is 0. The predicted molar refractivity (Wildman–Crippen MR) is 116 cm³/mol. The minimum atomic E-state index is -0.117. The van der Waals surface area contributed by atoms with Crippen LogP contribution in [0.25, 0.3) is 6.08 Å². The van der Waals surface area contributed by atoms with Gasteiger partial charge in [-0.3, -0.25) is 0 Å². The first-order valence-electron chi connectivity index (χ1n) is 9.89. The van der Waals surface area contributed by atoms with E-state index in [9.17, 15) is 0 Å². The zero-order valence-electron chi connectivity index (χ0n) is 16.4. The van der Waals surface area contributed by atoms with Crippen molar-refractivity contribution in [3.8, 4) is 0 Å². The quantitative estimate of drug-likeness (QED) is 0.417. The van der Waals surface area contributed by atoms with E-state index in [0.29, 0.717) is 13.2 Å². The van der Waals surface area contributed by atoms with E-state index < -0.39 is 0 Å². The molecule has 0 saturated heterocycles. The van der Waals surface area contributed by atoms with Gasteiger partial charge in [0.2, 0.25) is 0 Å². The monoisotopic (exact) mass is 372 g/mol. The lowest BCUT2D eigenvalue weighted by Gasteiger charge is -2.25. The van der Waals surface area contributed by atoms with E-state index in [1.807, 2.05) is 54.6 Å². The van der Waals surface area contributed by atoms with Crippen molar-refractivity contribution in [3.63, 3.8) is 0 Å². The standard InChI is InChI=1S/C26H28O2/c1-2-25(27-20-23-14-8-4-9-15-23)26(19-18-22-12-6-3-7-13-22)28-21-24-16-10-5-11-17-24/h3-19,25-26H,2,20-21H2,1H3/t25-,26+/m0/s1. The third kappa shape index (κ3) is 6.49. The van der Waals surface area contributed by atoms with Crippen molar-refractivity contribution in [2.75, 3.05) is 0 Å². The number of hydrogen-bond donors (Lipinski definition) is 0. The molecule has 3 aromatic rings. The van der Waals surface area contributed by atoms with E-state index >= 15 is 0 Å². The van der Waals surface area contributed by atoms with Crippen LogP contribution >= 0.6 is 0 Å². The van der Waals surface area contributed by atoms with E-state index in [1.54, 1.807) is 0 Å². The molecule has 144 valence electrons. The second-order valence-corrected chi connectivity index (χ2v) is 6.77. The van der Waals surface area contributed by atoms with E-state index in [-0.39, 0.29) is 12.2 Å². The molecule has 0 saturated carbocycles. The van der Waals surface area contributed by atoms with Gasteiger partial charge in [0.25, 0.3) is 0 Å². The molecule has 0 heterocycles. The average molecular weight is 373 g/mol. The second kappa shape index (κ2) is 11.2. The summed E-state index contributed by atoms with van der Waals surface area (Å²) in [5, 5.41) is 0.